The van der Waals surface area contributed by atoms with E-state index in [0.717, 1.165) is 48.7 Å². The predicted molar refractivity (Wildman–Crippen MR) is 382 cm³/mol. The largest absolute Gasteiger partial charge is 0.462 e. The highest BCUT2D eigenvalue weighted by atomic mass is 32.2. The van der Waals surface area contributed by atoms with Crippen molar-refractivity contribution in [3.63, 3.8) is 0 Å². The average Bonchev–Trinajstić information content (AvgIpc) is 3.76. The van der Waals surface area contributed by atoms with Crippen LogP contribution in [0.2, 0.25) is 0 Å². The summed E-state index contributed by atoms with van der Waals surface area (Å²) in [5.41, 5.74) is 0. The van der Waals surface area contributed by atoms with Gasteiger partial charge in [-0.25, -0.2) is 0 Å². The zero-order valence-electron chi connectivity index (χ0n) is 59.5. The van der Waals surface area contributed by atoms with E-state index in [1.54, 1.807) is 47.0 Å². The number of hydrogen-bond acceptors (Lipinski definition) is 23. The second-order valence-electron chi connectivity index (χ2n) is 24.5. The molecule has 0 saturated heterocycles. The molecule has 0 radical (unpaired) electrons. The Balaban J connectivity index is 5.51. The summed E-state index contributed by atoms with van der Waals surface area (Å²) in [4.78, 5) is 108. The normalized spacial score (nSPS) is 12.7. The van der Waals surface area contributed by atoms with E-state index in [4.69, 9.17) is 37.9 Å². The molecule has 4 unspecified atom stereocenters. The van der Waals surface area contributed by atoms with Crippen LogP contribution in [0, 0.1) is 23.7 Å². The summed E-state index contributed by atoms with van der Waals surface area (Å²) in [6.07, 6.45) is 25.5. The van der Waals surface area contributed by atoms with Crippen LogP contribution in [0.4, 0.5) is 0 Å². The maximum Gasteiger partial charge on any atom is 0.320 e. The van der Waals surface area contributed by atoms with Crippen LogP contribution < -0.4 is 0 Å². The zero-order valence-corrected chi connectivity index (χ0v) is 62.7. The van der Waals surface area contributed by atoms with Crippen LogP contribution in [-0.4, -0.2) is 221 Å². The van der Waals surface area contributed by atoms with Gasteiger partial charge in [0.2, 0.25) is 0 Å². The molecule has 93 heavy (non-hydrogen) atoms. The number of carbonyl (C=O) groups excluding carboxylic acids is 8. The quantitative estimate of drug-likeness (QED) is 0.0314. The summed E-state index contributed by atoms with van der Waals surface area (Å²) in [6.45, 7) is 18.7. The van der Waals surface area contributed by atoms with E-state index in [1.165, 1.54) is 103 Å². The summed E-state index contributed by atoms with van der Waals surface area (Å²) < 4.78 is 43.4. The van der Waals surface area contributed by atoms with E-state index < -0.39 is 23.9 Å². The Morgan fingerprint density at radius 2 is 0.538 bits per heavy atom. The minimum absolute atomic E-state index is 0.0115. The van der Waals surface area contributed by atoms with Crippen LogP contribution in [0.3, 0.4) is 0 Å². The fourth-order valence-corrected chi connectivity index (χ4v) is 13.6. The molecule has 0 spiro atoms. The fraction of sp³-hybridized carbons (Fsp3) is 0.886. The first kappa shape index (κ1) is 90.0. The molecule has 0 saturated carbocycles. The van der Waals surface area contributed by atoms with Crippen molar-refractivity contribution in [3.8, 4) is 0 Å². The number of ether oxygens (including phenoxy) is 8. The van der Waals surface area contributed by atoms with Gasteiger partial charge in [-0.2, -0.15) is 47.0 Å². The van der Waals surface area contributed by atoms with E-state index in [-0.39, 0.29) is 133 Å². The van der Waals surface area contributed by atoms with E-state index in [2.05, 4.69) is 32.6 Å². The van der Waals surface area contributed by atoms with Crippen LogP contribution in [0.1, 0.15) is 216 Å². The van der Waals surface area contributed by atoms with E-state index >= 15 is 0 Å². The number of nitrogens with zero attached hydrogens (tertiary/aromatic N) is 3. The highest BCUT2D eigenvalue weighted by Crippen LogP contribution is 2.18. The molecule has 0 amide bonds. The van der Waals surface area contributed by atoms with Crippen molar-refractivity contribution in [2.75, 3.05) is 158 Å². The zero-order chi connectivity index (χ0) is 68.8. The van der Waals surface area contributed by atoms with Gasteiger partial charge in [-0.05, 0) is 94.8 Å². The molecule has 0 N–H and O–H groups in total. The van der Waals surface area contributed by atoms with Gasteiger partial charge in [-0.3, -0.25) is 43.3 Å². The monoisotopic (exact) mass is 1400 g/mol. The highest BCUT2D eigenvalue weighted by Gasteiger charge is 2.21. The van der Waals surface area contributed by atoms with Crippen LogP contribution >= 0.6 is 47.0 Å². The molecular weight excluding hydrogens is 1270 g/mol. The van der Waals surface area contributed by atoms with E-state index in [9.17, 15) is 38.4 Å². The second-order valence-corrected chi connectivity index (χ2v) is 29.1. The predicted octanol–water partition coefficient (Wildman–Crippen LogP) is 13.2. The van der Waals surface area contributed by atoms with E-state index in [1.807, 2.05) is 44.5 Å². The van der Waals surface area contributed by atoms with E-state index in [0.29, 0.717) is 75.1 Å². The minimum Gasteiger partial charge on any atom is -0.462 e. The van der Waals surface area contributed by atoms with Crippen molar-refractivity contribution in [2.24, 2.45) is 23.7 Å². The molecule has 0 aromatic heterocycles. The van der Waals surface area contributed by atoms with Gasteiger partial charge in [-0.15, -0.1) is 0 Å². The number of carbonyl (C=O) groups is 8. The Hall–Kier alpha value is -2.96. The fourth-order valence-electron chi connectivity index (χ4n) is 9.34. The Kier molecular flexibility index (Phi) is 62.9. The average molecular weight is 1400 g/mol. The SMILES string of the molecule is CCCCCCCSCC(C)C(=O)OCCOC(=O)CCN(CCCN(C)CCCN(CCC(=O)OCCOC(=O)C(C)CSCCCCCCC)CC(=O)OCCOC(=O)C(C)CSCCCCCCC)CCC(=O)OCCOC(=O)C(C)CSCCCCCCC. The molecule has 4 atom stereocenters. The Labute approximate surface area is 580 Å². The third kappa shape index (κ3) is 57.8. The van der Waals surface area contributed by atoms with Gasteiger partial charge >= 0.3 is 47.8 Å². The molecular formula is C70H129N3O16S4. The third-order valence-corrected chi connectivity index (χ3v) is 20.5. The minimum atomic E-state index is -0.522. The lowest BCUT2D eigenvalue weighted by atomic mass is 10.2. The molecule has 0 heterocycles. The van der Waals surface area contributed by atoms with Crippen LogP contribution in [0.5, 0.6) is 0 Å². The Morgan fingerprint density at radius 1 is 0.290 bits per heavy atom. The number of thioether (sulfide) groups is 4. The molecule has 0 aromatic rings. The molecule has 544 valence electrons. The number of rotatable bonds is 67. The lowest BCUT2D eigenvalue weighted by molar-refractivity contribution is -0.155. The third-order valence-electron chi connectivity index (χ3n) is 15.3. The van der Waals surface area contributed by atoms with Gasteiger partial charge in [0.1, 0.15) is 52.9 Å². The summed E-state index contributed by atoms with van der Waals surface area (Å²) in [5, 5.41) is 0. The Morgan fingerprint density at radius 3 is 0.828 bits per heavy atom. The van der Waals surface area contributed by atoms with Crippen molar-refractivity contribution in [2.45, 2.75) is 216 Å². The van der Waals surface area contributed by atoms with Gasteiger partial charge in [0.05, 0.1) is 49.5 Å². The molecule has 19 nitrogen and oxygen atoms in total. The van der Waals surface area contributed by atoms with Gasteiger partial charge in [0, 0.05) is 42.6 Å². The first-order valence-corrected chi connectivity index (χ1v) is 40.3. The standard InChI is InChI=1S/C70H129N3O16S4/c1-10-14-18-22-26-50-90-55-59(5)67(78)86-46-42-82-63(74)32-39-72(40-33-64(75)83-43-47-87-68(79)60(6)56-91-51-27-23-19-15-11-2)37-30-35-71(9)36-31-38-73(54-66(77)85-45-49-89-70(81)62(8)58-93-53-29-25-21-17-13-4)41-34-65(76)84-44-48-88-69(80)61(7)57-92-52-28-24-20-16-12-3/h59-62H,10-58H2,1-9H3. The number of esters is 8. The topological polar surface area (TPSA) is 220 Å². The van der Waals surface area contributed by atoms with Gasteiger partial charge < -0.3 is 47.7 Å². The molecule has 0 bridgehead atoms. The lowest BCUT2D eigenvalue weighted by Gasteiger charge is -2.25. The molecule has 0 aromatic carbocycles. The number of unbranched alkanes of at least 4 members (excludes halogenated alkanes) is 16. The first-order chi connectivity index (χ1) is 45.0. The molecule has 23 heteroatoms. The smallest absolute Gasteiger partial charge is 0.320 e. The molecule has 0 aliphatic rings. The van der Waals surface area contributed by atoms with Crippen molar-refractivity contribution in [3.05, 3.63) is 0 Å². The van der Waals surface area contributed by atoms with Crippen molar-refractivity contribution < 1.29 is 76.3 Å². The lowest BCUT2D eigenvalue weighted by Crippen LogP contribution is -2.36. The van der Waals surface area contributed by atoms with Crippen molar-refractivity contribution in [1.29, 1.82) is 0 Å². The molecule has 0 rings (SSSR count). The van der Waals surface area contributed by atoms with Gasteiger partial charge in [-0.1, -0.05) is 158 Å². The van der Waals surface area contributed by atoms with Gasteiger partial charge in [0.25, 0.3) is 0 Å². The van der Waals surface area contributed by atoms with Gasteiger partial charge in [0.15, 0.2) is 0 Å². The maximum absolute atomic E-state index is 13.2. The second kappa shape index (κ2) is 65.0. The van der Waals surface area contributed by atoms with Crippen LogP contribution in [-0.2, 0) is 76.3 Å². The Bertz CT molecular complexity index is 1840. The van der Waals surface area contributed by atoms with Crippen LogP contribution in [0.15, 0.2) is 0 Å². The van der Waals surface area contributed by atoms with Crippen LogP contribution in [0.25, 0.3) is 0 Å². The highest BCUT2D eigenvalue weighted by molar-refractivity contribution is 7.99. The maximum atomic E-state index is 13.2. The summed E-state index contributed by atoms with van der Waals surface area (Å²) in [7, 11) is 1.98. The molecule has 0 aliphatic heterocycles. The molecule has 0 aliphatic carbocycles. The number of hydrogen-bond donors (Lipinski definition) is 0. The van der Waals surface area contributed by atoms with Crippen molar-refractivity contribution in [1.82, 2.24) is 14.7 Å². The summed E-state index contributed by atoms with van der Waals surface area (Å²) in [5.74, 6) is 2.45. The first-order valence-electron chi connectivity index (χ1n) is 35.7. The molecule has 0 fully saturated rings. The summed E-state index contributed by atoms with van der Waals surface area (Å²) >= 11 is 7.01. The van der Waals surface area contributed by atoms with Crippen molar-refractivity contribution >= 4 is 94.8 Å². The summed E-state index contributed by atoms with van der Waals surface area (Å²) in [6, 6.07) is 0.